The molecule has 0 aromatic heterocycles. The van der Waals surface area contributed by atoms with Gasteiger partial charge < -0.3 is 15.0 Å². The highest BCUT2D eigenvalue weighted by Gasteiger charge is 2.37. The van der Waals surface area contributed by atoms with Crippen molar-refractivity contribution in [2.75, 3.05) is 19.6 Å². The van der Waals surface area contributed by atoms with Crippen LogP contribution in [0.2, 0.25) is 0 Å². The molecule has 2 aromatic carbocycles. The lowest BCUT2D eigenvalue weighted by atomic mass is 9.81. The van der Waals surface area contributed by atoms with Crippen LogP contribution in [0.25, 0.3) is 0 Å². The van der Waals surface area contributed by atoms with Gasteiger partial charge in [0.05, 0.1) is 6.04 Å². The number of hydrogen-bond acceptors (Lipinski definition) is 3. The second kappa shape index (κ2) is 8.01. The fourth-order valence-electron chi connectivity index (χ4n) is 6.43. The molecular formula is C27H34N2O. The van der Waals surface area contributed by atoms with Crippen molar-refractivity contribution in [3.8, 4) is 5.75 Å². The van der Waals surface area contributed by atoms with E-state index < -0.39 is 0 Å². The lowest BCUT2D eigenvalue weighted by molar-refractivity contribution is 0.0691. The number of piperidine rings is 3. The van der Waals surface area contributed by atoms with Gasteiger partial charge in [0.2, 0.25) is 0 Å². The second-order valence-corrected chi connectivity index (χ2v) is 9.96. The molecule has 2 unspecified atom stereocenters. The zero-order valence-electron chi connectivity index (χ0n) is 18.0. The van der Waals surface area contributed by atoms with Gasteiger partial charge in [-0.05, 0) is 79.4 Å². The summed E-state index contributed by atoms with van der Waals surface area (Å²) in [7, 11) is 0. The molecule has 5 aliphatic rings. The summed E-state index contributed by atoms with van der Waals surface area (Å²) < 4.78 is 6.35. The topological polar surface area (TPSA) is 24.5 Å². The first kappa shape index (κ1) is 18.9. The molecule has 0 amide bonds. The molecule has 3 nitrogen and oxygen atoms in total. The Bertz CT molecular complexity index is 895. The SMILES string of the molecule is c1ccc2c(c1)COc1ccc(C3CCCCC3)cc1C2NC1CN2CCC1CC2. The summed E-state index contributed by atoms with van der Waals surface area (Å²) in [6.07, 6.45) is 9.53. The van der Waals surface area contributed by atoms with E-state index in [-0.39, 0.29) is 6.04 Å². The molecule has 158 valence electrons. The van der Waals surface area contributed by atoms with Gasteiger partial charge in [0.25, 0.3) is 0 Å². The van der Waals surface area contributed by atoms with Crippen LogP contribution < -0.4 is 10.1 Å². The minimum absolute atomic E-state index is 0.229. The molecule has 7 rings (SSSR count). The Hall–Kier alpha value is -1.84. The summed E-state index contributed by atoms with van der Waals surface area (Å²) in [5.41, 5.74) is 5.62. The smallest absolute Gasteiger partial charge is 0.124 e. The number of rotatable bonds is 3. The fourth-order valence-corrected chi connectivity index (χ4v) is 6.43. The van der Waals surface area contributed by atoms with Crippen molar-refractivity contribution in [2.24, 2.45) is 5.92 Å². The lowest BCUT2D eigenvalue weighted by Gasteiger charge is -2.46. The largest absolute Gasteiger partial charge is 0.489 e. The molecule has 1 N–H and O–H groups in total. The average Bonchev–Trinajstić information content (AvgIpc) is 2.97. The van der Waals surface area contributed by atoms with Crippen LogP contribution >= 0.6 is 0 Å². The molecule has 4 fully saturated rings. The molecular weight excluding hydrogens is 368 g/mol. The summed E-state index contributed by atoms with van der Waals surface area (Å²) in [5, 5.41) is 4.15. The van der Waals surface area contributed by atoms with Crippen LogP contribution in [-0.2, 0) is 6.61 Å². The fraction of sp³-hybridized carbons (Fsp3) is 0.556. The first-order chi connectivity index (χ1) is 14.8. The van der Waals surface area contributed by atoms with E-state index in [1.807, 2.05) is 0 Å². The van der Waals surface area contributed by atoms with Gasteiger partial charge in [0.15, 0.2) is 0 Å². The highest BCUT2D eigenvalue weighted by molar-refractivity contribution is 5.48. The Morgan fingerprint density at radius 3 is 2.50 bits per heavy atom. The predicted molar refractivity (Wildman–Crippen MR) is 121 cm³/mol. The van der Waals surface area contributed by atoms with Crippen molar-refractivity contribution in [3.63, 3.8) is 0 Å². The lowest BCUT2D eigenvalue weighted by Crippen LogP contribution is -2.56. The van der Waals surface area contributed by atoms with Crippen LogP contribution in [0.3, 0.4) is 0 Å². The number of ether oxygens (including phenoxy) is 1. The average molecular weight is 403 g/mol. The molecule has 4 aliphatic heterocycles. The van der Waals surface area contributed by atoms with E-state index in [2.05, 4.69) is 52.7 Å². The molecule has 1 saturated carbocycles. The van der Waals surface area contributed by atoms with Crippen molar-refractivity contribution < 1.29 is 4.74 Å². The molecule has 2 bridgehead atoms. The van der Waals surface area contributed by atoms with E-state index in [1.165, 1.54) is 86.8 Å². The maximum atomic E-state index is 6.35. The summed E-state index contributed by atoms with van der Waals surface area (Å²) in [6, 6.07) is 16.8. The third kappa shape index (κ3) is 3.46. The van der Waals surface area contributed by atoms with E-state index in [9.17, 15) is 0 Å². The third-order valence-electron chi connectivity index (χ3n) is 8.21. The van der Waals surface area contributed by atoms with Crippen molar-refractivity contribution >= 4 is 0 Å². The van der Waals surface area contributed by atoms with Crippen molar-refractivity contribution in [3.05, 3.63) is 64.7 Å². The predicted octanol–water partition coefficient (Wildman–Crippen LogP) is 5.40. The van der Waals surface area contributed by atoms with Crippen LogP contribution in [0.5, 0.6) is 5.75 Å². The van der Waals surface area contributed by atoms with Crippen molar-refractivity contribution in [2.45, 2.75) is 69.6 Å². The molecule has 1 aliphatic carbocycles. The van der Waals surface area contributed by atoms with Crippen LogP contribution in [0.1, 0.15) is 79.2 Å². The normalized spacial score (nSPS) is 30.8. The number of benzene rings is 2. The molecule has 4 heterocycles. The Morgan fingerprint density at radius 2 is 1.70 bits per heavy atom. The highest BCUT2D eigenvalue weighted by atomic mass is 16.5. The van der Waals surface area contributed by atoms with Gasteiger partial charge >= 0.3 is 0 Å². The Balaban J connectivity index is 1.39. The Labute approximate surface area is 180 Å². The van der Waals surface area contributed by atoms with Crippen molar-refractivity contribution in [1.82, 2.24) is 10.2 Å². The Morgan fingerprint density at radius 1 is 0.867 bits per heavy atom. The zero-order chi connectivity index (χ0) is 19.9. The molecule has 0 spiro atoms. The van der Waals surface area contributed by atoms with Gasteiger partial charge in [0, 0.05) is 18.2 Å². The van der Waals surface area contributed by atoms with E-state index >= 15 is 0 Å². The van der Waals surface area contributed by atoms with Crippen LogP contribution in [0.15, 0.2) is 42.5 Å². The van der Waals surface area contributed by atoms with Crippen LogP contribution in [0, 0.1) is 5.92 Å². The van der Waals surface area contributed by atoms with E-state index in [0.717, 1.165) is 17.6 Å². The van der Waals surface area contributed by atoms with Crippen molar-refractivity contribution in [1.29, 1.82) is 0 Å². The van der Waals surface area contributed by atoms with Crippen LogP contribution in [0.4, 0.5) is 0 Å². The number of fused-ring (bicyclic) bond motifs is 5. The van der Waals surface area contributed by atoms with Gasteiger partial charge in [0.1, 0.15) is 12.4 Å². The molecule has 3 saturated heterocycles. The molecule has 3 heteroatoms. The van der Waals surface area contributed by atoms with E-state index in [4.69, 9.17) is 4.74 Å². The van der Waals surface area contributed by atoms with Gasteiger partial charge in [-0.15, -0.1) is 0 Å². The quantitative estimate of drug-likeness (QED) is 0.744. The monoisotopic (exact) mass is 402 g/mol. The maximum absolute atomic E-state index is 6.35. The van der Waals surface area contributed by atoms with Gasteiger partial charge in [-0.25, -0.2) is 0 Å². The zero-order valence-corrected chi connectivity index (χ0v) is 18.0. The number of hydrogen-bond donors (Lipinski definition) is 1. The highest BCUT2D eigenvalue weighted by Crippen LogP contribution is 2.41. The minimum Gasteiger partial charge on any atom is -0.489 e. The first-order valence-corrected chi connectivity index (χ1v) is 12.2. The molecule has 2 atom stereocenters. The molecule has 0 radical (unpaired) electrons. The third-order valence-corrected chi connectivity index (χ3v) is 8.21. The molecule has 30 heavy (non-hydrogen) atoms. The standard InChI is InChI=1S/C27H34N2O/c1-2-6-19(7-3-1)21-10-11-26-24(16-21)27(23-9-5-4-8-22(23)18-30-26)28-25-17-29-14-12-20(25)13-15-29/h4-5,8-11,16,19-20,25,27-28H,1-3,6-7,12-15,17-18H2. The summed E-state index contributed by atoms with van der Waals surface area (Å²) in [5.74, 6) is 2.61. The van der Waals surface area contributed by atoms with Gasteiger partial charge in [-0.3, -0.25) is 0 Å². The first-order valence-electron chi connectivity index (χ1n) is 12.2. The number of nitrogens with zero attached hydrogens (tertiary/aromatic N) is 1. The minimum atomic E-state index is 0.229. The van der Waals surface area contributed by atoms with E-state index in [0.29, 0.717) is 12.6 Å². The van der Waals surface area contributed by atoms with Crippen LogP contribution in [-0.4, -0.2) is 30.6 Å². The van der Waals surface area contributed by atoms with Gasteiger partial charge in [-0.2, -0.15) is 0 Å². The van der Waals surface area contributed by atoms with E-state index in [1.54, 1.807) is 0 Å². The summed E-state index contributed by atoms with van der Waals surface area (Å²) in [6.45, 7) is 4.44. The Kier molecular flexibility index (Phi) is 5.05. The summed E-state index contributed by atoms with van der Waals surface area (Å²) >= 11 is 0. The molecule has 2 aromatic rings. The summed E-state index contributed by atoms with van der Waals surface area (Å²) in [4.78, 5) is 2.65. The second-order valence-electron chi connectivity index (χ2n) is 9.96. The number of nitrogens with one attached hydrogen (secondary N) is 1. The maximum Gasteiger partial charge on any atom is 0.124 e. The van der Waals surface area contributed by atoms with Gasteiger partial charge in [-0.1, -0.05) is 49.6 Å².